The third-order valence-electron chi connectivity index (χ3n) is 0.542. The number of hydrazine groups is 3. The highest BCUT2D eigenvalue weighted by molar-refractivity contribution is 5.06. The number of hydrogen-bond acceptors (Lipinski definition) is 4. The first kappa shape index (κ1) is 7.16. The van der Waals surface area contributed by atoms with Gasteiger partial charge in [-0.1, -0.05) is 13.2 Å². The van der Waals surface area contributed by atoms with Gasteiger partial charge in [0.05, 0.1) is 0 Å². The van der Waals surface area contributed by atoms with Gasteiger partial charge in [-0.15, -0.1) is 0 Å². The highest BCUT2D eigenvalue weighted by Gasteiger charge is 1.77. The first-order valence-electron chi connectivity index (χ1n) is 2.09. The Balaban J connectivity index is 3.11. The molecule has 0 unspecified atom stereocenters. The molecule has 0 heterocycles. The lowest BCUT2D eigenvalue weighted by molar-refractivity contribution is 0.494. The quantitative estimate of drug-likeness (QED) is 0.218. The molecule has 0 saturated carbocycles. The molecule has 4 nitrogen and oxygen atoms in total. The van der Waals surface area contributed by atoms with Gasteiger partial charge in [0.2, 0.25) is 0 Å². The highest BCUT2D eigenvalue weighted by atomic mass is 15.7. The van der Waals surface area contributed by atoms with Crippen LogP contribution in [0.2, 0.25) is 0 Å². The Hall–Kier alpha value is -0.840. The lowest BCUT2D eigenvalue weighted by atomic mass is 10.5. The van der Waals surface area contributed by atoms with Gasteiger partial charge in [-0.25, -0.2) is 0 Å². The summed E-state index contributed by atoms with van der Waals surface area (Å²) in [6.45, 7) is 6.97. The third-order valence-corrected chi connectivity index (χ3v) is 0.542. The second-order valence-corrected chi connectivity index (χ2v) is 1.12. The average Bonchev–Trinajstić information content (AvgIpc) is 1.83. The minimum absolute atomic E-state index is 0.656. The van der Waals surface area contributed by atoms with E-state index in [-0.39, 0.29) is 0 Å². The van der Waals surface area contributed by atoms with Crippen LogP contribution < -0.4 is 22.3 Å². The van der Waals surface area contributed by atoms with Gasteiger partial charge in [-0.2, -0.15) is 11.1 Å². The minimum atomic E-state index is 0.656. The van der Waals surface area contributed by atoms with Gasteiger partial charge < -0.3 is 5.43 Å². The number of allylic oxidation sites excluding steroid dienone is 1. The van der Waals surface area contributed by atoms with Crippen molar-refractivity contribution in [1.82, 2.24) is 16.5 Å². The summed E-state index contributed by atoms with van der Waals surface area (Å²) in [6.07, 6.45) is 1.56. The Labute approximate surface area is 48.4 Å². The van der Waals surface area contributed by atoms with E-state index in [0.29, 0.717) is 5.70 Å². The minimum Gasteiger partial charge on any atom is -0.308 e. The summed E-state index contributed by atoms with van der Waals surface area (Å²) in [5.74, 6) is 4.83. The van der Waals surface area contributed by atoms with Crippen LogP contribution in [-0.4, -0.2) is 0 Å². The van der Waals surface area contributed by atoms with Crippen molar-refractivity contribution in [3.05, 3.63) is 24.9 Å². The lowest BCUT2D eigenvalue weighted by Crippen LogP contribution is -2.46. The van der Waals surface area contributed by atoms with Crippen LogP contribution >= 0.6 is 0 Å². The van der Waals surface area contributed by atoms with Crippen LogP contribution in [0.25, 0.3) is 0 Å². The molecule has 0 fully saturated rings. The van der Waals surface area contributed by atoms with Gasteiger partial charge >= 0.3 is 0 Å². The Morgan fingerprint density at radius 3 is 2.62 bits per heavy atom. The van der Waals surface area contributed by atoms with Crippen LogP contribution in [0.5, 0.6) is 0 Å². The molecule has 0 saturated heterocycles. The fourth-order valence-electron chi connectivity index (χ4n) is 0.167. The summed E-state index contributed by atoms with van der Waals surface area (Å²) in [5, 5.41) is 0. The van der Waals surface area contributed by atoms with E-state index in [4.69, 9.17) is 5.84 Å². The maximum atomic E-state index is 4.83. The van der Waals surface area contributed by atoms with Crippen LogP contribution in [0.4, 0.5) is 0 Å². The monoisotopic (exact) mass is 114 g/mol. The Morgan fingerprint density at radius 2 is 2.25 bits per heavy atom. The summed E-state index contributed by atoms with van der Waals surface area (Å²) >= 11 is 0. The van der Waals surface area contributed by atoms with Crippen molar-refractivity contribution in [2.75, 3.05) is 0 Å². The van der Waals surface area contributed by atoms with Gasteiger partial charge in [-0.3, -0.25) is 5.84 Å². The predicted molar refractivity (Wildman–Crippen MR) is 32.9 cm³/mol. The maximum Gasteiger partial charge on any atom is 0.0423 e. The van der Waals surface area contributed by atoms with Crippen molar-refractivity contribution in [3.63, 3.8) is 0 Å². The third kappa shape index (κ3) is 3.35. The van der Waals surface area contributed by atoms with Crippen LogP contribution in [0, 0.1) is 0 Å². The van der Waals surface area contributed by atoms with Crippen molar-refractivity contribution in [1.29, 1.82) is 0 Å². The molecule has 8 heavy (non-hydrogen) atoms. The number of nitrogens with two attached hydrogens (primary N) is 1. The summed E-state index contributed by atoms with van der Waals surface area (Å²) < 4.78 is 0. The second kappa shape index (κ2) is 4.32. The van der Waals surface area contributed by atoms with E-state index in [1.165, 1.54) is 0 Å². The van der Waals surface area contributed by atoms with E-state index in [0.717, 1.165) is 0 Å². The van der Waals surface area contributed by atoms with Crippen molar-refractivity contribution in [2.45, 2.75) is 0 Å². The molecule has 0 aliphatic heterocycles. The van der Waals surface area contributed by atoms with Crippen LogP contribution in [0.3, 0.4) is 0 Å². The summed E-state index contributed by atoms with van der Waals surface area (Å²) in [5.41, 5.74) is 7.81. The molecule has 0 aromatic heterocycles. The van der Waals surface area contributed by atoms with Crippen molar-refractivity contribution < 1.29 is 0 Å². The number of rotatable bonds is 4. The molecule has 46 valence electrons. The number of nitrogens with one attached hydrogen (secondary N) is 3. The predicted octanol–water partition coefficient (Wildman–Crippen LogP) is -0.841. The topological polar surface area (TPSA) is 62.1 Å². The zero-order valence-corrected chi connectivity index (χ0v) is 4.57. The molecule has 0 atom stereocenters. The molecule has 0 radical (unpaired) electrons. The lowest BCUT2D eigenvalue weighted by Gasteiger charge is -2.03. The fourth-order valence-corrected chi connectivity index (χ4v) is 0.167. The number of hydrogen-bond donors (Lipinski definition) is 4. The smallest absolute Gasteiger partial charge is 0.0423 e. The molecule has 4 heteroatoms. The van der Waals surface area contributed by atoms with Gasteiger partial charge in [0, 0.05) is 5.70 Å². The first-order chi connectivity index (χ1) is 3.81. The maximum absolute atomic E-state index is 4.83. The fraction of sp³-hybridized carbons (Fsp3) is 0. The van der Waals surface area contributed by atoms with Crippen LogP contribution in [0.15, 0.2) is 24.9 Å². The first-order valence-corrected chi connectivity index (χ1v) is 2.09. The van der Waals surface area contributed by atoms with E-state index < -0.39 is 0 Å². The SMILES string of the molecule is C=CC(=C)NNNN. The van der Waals surface area contributed by atoms with Crippen molar-refractivity contribution in [3.8, 4) is 0 Å². The molecule has 0 bridgehead atoms. The Morgan fingerprint density at radius 1 is 1.62 bits per heavy atom. The molecule has 0 spiro atoms. The van der Waals surface area contributed by atoms with E-state index in [2.05, 4.69) is 29.7 Å². The molecule has 0 aliphatic carbocycles. The Bertz CT molecular complexity index is 88.0. The molecule has 0 aromatic carbocycles. The average molecular weight is 114 g/mol. The van der Waals surface area contributed by atoms with Gasteiger partial charge in [-0.05, 0) is 6.08 Å². The summed E-state index contributed by atoms with van der Waals surface area (Å²) in [6, 6.07) is 0. The van der Waals surface area contributed by atoms with E-state index in [9.17, 15) is 0 Å². The zero-order chi connectivity index (χ0) is 6.41. The van der Waals surface area contributed by atoms with Crippen LogP contribution in [0.1, 0.15) is 0 Å². The Kier molecular flexibility index (Phi) is 3.87. The second-order valence-electron chi connectivity index (χ2n) is 1.12. The van der Waals surface area contributed by atoms with Crippen LogP contribution in [-0.2, 0) is 0 Å². The van der Waals surface area contributed by atoms with Gasteiger partial charge in [0.25, 0.3) is 0 Å². The molecule has 0 aromatic rings. The zero-order valence-electron chi connectivity index (χ0n) is 4.57. The molecule has 5 N–H and O–H groups in total. The van der Waals surface area contributed by atoms with Gasteiger partial charge in [0.15, 0.2) is 0 Å². The molecule has 0 aliphatic rings. The van der Waals surface area contributed by atoms with E-state index in [1.807, 2.05) is 0 Å². The highest BCUT2D eigenvalue weighted by Crippen LogP contribution is 1.76. The van der Waals surface area contributed by atoms with E-state index in [1.54, 1.807) is 6.08 Å². The largest absolute Gasteiger partial charge is 0.308 e. The van der Waals surface area contributed by atoms with Crippen molar-refractivity contribution in [2.24, 2.45) is 5.84 Å². The molecular weight excluding hydrogens is 104 g/mol. The standard InChI is InChI=1S/C4H10N4/c1-3-4(2)6-8-7-5/h3,6-8H,1-2,5H2. The molecule has 0 amide bonds. The summed E-state index contributed by atoms with van der Waals surface area (Å²) in [4.78, 5) is 0. The molecule has 0 rings (SSSR count). The normalized spacial score (nSPS) is 8.12. The van der Waals surface area contributed by atoms with E-state index >= 15 is 0 Å². The van der Waals surface area contributed by atoms with Gasteiger partial charge in [0.1, 0.15) is 0 Å². The molecular formula is C4H10N4. The summed E-state index contributed by atoms with van der Waals surface area (Å²) in [7, 11) is 0. The van der Waals surface area contributed by atoms with Crippen molar-refractivity contribution >= 4 is 0 Å².